The summed E-state index contributed by atoms with van der Waals surface area (Å²) < 4.78 is 24.9. The number of piperidine rings is 1. The molecule has 148 valence electrons. The highest BCUT2D eigenvalue weighted by Gasteiger charge is 2.19. The van der Waals surface area contributed by atoms with Crippen LogP contribution in [-0.2, 0) is 10.0 Å². The van der Waals surface area contributed by atoms with Crippen molar-refractivity contribution in [2.24, 2.45) is 0 Å². The van der Waals surface area contributed by atoms with E-state index >= 15 is 0 Å². The van der Waals surface area contributed by atoms with E-state index in [4.69, 9.17) is 0 Å². The first-order chi connectivity index (χ1) is 13.5. The number of hydrogen-bond donors (Lipinski definition) is 1. The Labute approximate surface area is 172 Å². The summed E-state index contributed by atoms with van der Waals surface area (Å²) in [7, 11) is -3.24. The molecule has 1 fully saturated rings. The number of sulfonamides is 1. The van der Waals surface area contributed by atoms with E-state index in [0.29, 0.717) is 10.9 Å². The lowest BCUT2D eigenvalue weighted by atomic mass is 10.1. The topological polar surface area (TPSA) is 49.4 Å². The standard InChI is InChI=1S/C22H26N2O2S2/c1-28(25,26)23-20-12-10-19(11-13-20)7-5-6-16-24-17-14-22(15-18-24)27-21-8-3-2-4-9-21/h2-4,8-13,22-23H,6,14-18H2,1H3. The Balaban J connectivity index is 1.38. The average Bonchev–Trinajstić information content (AvgIpc) is 2.67. The van der Waals surface area contributed by atoms with Gasteiger partial charge in [0.15, 0.2) is 0 Å². The van der Waals surface area contributed by atoms with Crippen LogP contribution in [0, 0.1) is 11.8 Å². The van der Waals surface area contributed by atoms with E-state index in [2.05, 4.69) is 51.8 Å². The molecule has 28 heavy (non-hydrogen) atoms. The number of thioether (sulfide) groups is 1. The minimum Gasteiger partial charge on any atom is -0.302 e. The molecule has 1 saturated heterocycles. The molecule has 2 aromatic rings. The minimum absolute atomic E-state index is 0.560. The fraction of sp³-hybridized carbons (Fsp3) is 0.364. The first-order valence-electron chi connectivity index (χ1n) is 9.49. The van der Waals surface area contributed by atoms with E-state index < -0.39 is 10.0 Å². The number of rotatable bonds is 6. The molecule has 4 nitrogen and oxygen atoms in total. The zero-order chi connectivity index (χ0) is 19.8. The molecule has 0 bridgehead atoms. The lowest BCUT2D eigenvalue weighted by Gasteiger charge is -2.31. The van der Waals surface area contributed by atoms with E-state index in [1.54, 1.807) is 12.1 Å². The van der Waals surface area contributed by atoms with E-state index in [0.717, 1.165) is 37.9 Å². The molecule has 1 heterocycles. The van der Waals surface area contributed by atoms with E-state index in [9.17, 15) is 8.42 Å². The molecular formula is C22H26N2O2S2. The highest BCUT2D eigenvalue weighted by Crippen LogP contribution is 2.30. The second-order valence-corrected chi connectivity index (χ2v) is 10.1. The maximum Gasteiger partial charge on any atom is 0.229 e. The van der Waals surface area contributed by atoms with Crippen molar-refractivity contribution < 1.29 is 8.42 Å². The largest absolute Gasteiger partial charge is 0.302 e. The van der Waals surface area contributed by atoms with Crippen molar-refractivity contribution in [1.82, 2.24) is 4.90 Å². The molecule has 1 aliphatic heterocycles. The van der Waals surface area contributed by atoms with Crippen LogP contribution in [0.4, 0.5) is 5.69 Å². The fourth-order valence-corrected chi connectivity index (χ4v) is 4.87. The Bertz CT molecular complexity index is 909. The summed E-state index contributed by atoms with van der Waals surface area (Å²) >= 11 is 2.00. The minimum atomic E-state index is -3.24. The van der Waals surface area contributed by atoms with E-state index in [-0.39, 0.29) is 0 Å². The third-order valence-electron chi connectivity index (χ3n) is 4.55. The molecular weight excluding hydrogens is 388 g/mol. The molecule has 0 spiro atoms. The van der Waals surface area contributed by atoms with Gasteiger partial charge in [-0.2, -0.15) is 0 Å². The van der Waals surface area contributed by atoms with Crippen molar-refractivity contribution in [3.8, 4) is 11.8 Å². The second kappa shape index (κ2) is 10.0. The molecule has 0 saturated carbocycles. The van der Waals surface area contributed by atoms with Crippen molar-refractivity contribution in [3.63, 3.8) is 0 Å². The molecule has 0 unspecified atom stereocenters. The van der Waals surface area contributed by atoms with Gasteiger partial charge in [-0.25, -0.2) is 8.42 Å². The summed E-state index contributed by atoms with van der Waals surface area (Å²) in [6, 6.07) is 17.8. The Morgan fingerprint density at radius 2 is 1.75 bits per heavy atom. The normalized spacial score (nSPS) is 15.6. The first-order valence-corrected chi connectivity index (χ1v) is 12.3. The molecule has 0 aromatic heterocycles. The number of nitrogens with zero attached hydrogens (tertiary/aromatic N) is 1. The predicted molar refractivity (Wildman–Crippen MR) is 118 cm³/mol. The van der Waals surface area contributed by atoms with Crippen molar-refractivity contribution in [2.75, 3.05) is 30.6 Å². The fourth-order valence-electron chi connectivity index (χ4n) is 3.16. The first kappa shape index (κ1) is 20.8. The third-order valence-corrected chi connectivity index (χ3v) is 6.51. The Morgan fingerprint density at radius 3 is 2.39 bits per heavy atom. The number of hydrogen-bond acceptors (Lipinski definition) is 4. The van der Waals surface area contributed by atoms with Gasteiger partial charge in [0, 0.05) is 34.4 Å². The molecule has 1 aliphatic rings. The molecule has 0 radical (unpaired) electrons. The third kappa shape index (κ3) is 7.23. The van der Waals surface area contributed by atoms with Gasteiger partial charge in [0.05, 0.1) is 6.26 Å². The lowest BCUT2D eigenvalue weighted by Crippen LogP contribution is -2.35. The summed E-state index contributed by atoms with van der Waals surface area (Å²) in [4.78, 5) is 3.86. The molecule has 0 aliphatic carbocycles. The summed E-state index contributed by atoms with van der Waals surface area (Å²) in [5.74, 6) is 6.39. The van der Waals surface area contributed by atoms with Gasteiger partial charge in [0.25, 0.3) is 0 Å². The summed E-state index contributed by atoms with van der Waals surface area (Å²) in [6.07, 6.45) is 4.44. The van der Waals surface area contributed by atoms with Crippen LogP contribution >= 0.6 is 11.8 Å². The molecule has 6 heteroatoms. The maximum absolute atomic E-state index is 11.2. The highest BCUT2D eigenvalue weighted by atomic mass is 32.2. The molecule has 3 rings (SSSR count). The SMILES string of the molecule is CS(=O)(=O)Nc1ccc(C#CCCN2CCC(Sc3ccccc3)CC2)cc1. The van der Waals surface area contributed by atoms with E-state index in [1.807, 2.05) is 23.9 Å². The molecule has 0 amide bonds. The quantitative estimate of drug-likeness (QED) is 0.725. The number of anilines is 1. The summed E-state index contributed by atoms with van der Waals surface area (Å²) in [6.45, 7) is 3.28. The van der Waals surface area contributed by atoms with Gasteiger partial charge in [-0.1, -0.05) is 30.0 Å². The van der Waals surface area contributed by atoms with Gasteiger partial charge < -0.3 is 4.90 Å². The molecule has 2 aromatic carbocycles. The monoisotopic (exact) mass is 414 g/mol. The van der Waals surface area contributed by atoms with Crippen LogP contribution in [0.15, 0.2) is 59.5 Å². The van der Waals surface area contributed by atoms with Crippen molar-refractivity contribution in [1.29, 1.82) is 0 Å². The highest BCUT2D eigenvalue weighted by molar-refractivity contribution is 8.00. The van der Waals surface area contributed by atoms with Crippen LogP contribution in [0.25, 0.3) is 0 Å². The number of nitrogens with one attached hydrogen (secondary N) is 1. The van der Waals surface area contributed by atoms with Crippen LogP contribution in [0.1, 0.15) is 24.8 Å². The smallest absolute Gasteiger partial charge is 0.229 e. The Kier molecular flexibility index (Phi) is 7.43. The Hall–Kier alpha value is -1.94. The van der Waals surface area contributed by atoms with Gasteiger partial charge in [-0.3, -0.25) is 4.72 Å². The summed E-state index contributed by atoms with van der Waals surface area (Å²) in [5, 5.41) is 0.712. The Morgan fingerprint density at radius 1 is 1.07 bits per heavy atom. The van der Waals surface area contributed by atoms with E-state index in [1.165, 1.54) is 17.7 Å². The summed E-state index contributed by atoms with van der Waals surface area (Å²) in [5.41, 5.74) is 1.46. The van der Waals surface area contributed by atoms with Crippen molar-refractivity contribution in [3.05, 3.63) is 60.2 Å². The zero-order valence-electron chi connectivity index (χ0n) is 16.1. The van der Waals surface area contributed by atoms with Crippen LogP contribution in [0.3, 0.4) is 0 Å². The average molecular weight is 415 g/mol. The van der Waals surface area contributed by atoms with Crippen LogP contribution < -0.4 is 4.72 Å². The number of benzene rings is 2. The number of likely N-dealkylation sites (tertiary alicyclic amines) is 1. The zero-order valence-corrected chi connectivity index (χ0v) is 17.7. The van der Waals surface area contributed by atoms with Crippen molar-refractivity contribution >= 4 is 27.5 Å². The maximum atomic E-state index is 11.2. The van der Waals surface area contributed by atoms with Crippen LogP contribution in [0.2, 0.25) is 0 Å². The second-order valence-electron chi connectivity index (χ2n) is 6.98. The predicted octanol–water partition coefficient (Wildman–Crippen LogP) is 4.06. The van der Waals surface area contributed by atoms with Gasteiger partial charge >= 0.3 is 0 Å². The lowest BCUT2D eigenvalue weighted by molar-refractivity contribution is 0.238. The van der Waals surface area contributed by atoms with Crippen LogP contribution in [0.5, 0.6) is 0 Å². The van der Waals surface area contributed by atoms with Gasteiger partial charge in [0.2, 0.25) is 10.0 Å². The van der Waals surface area contributed by atoms with Gasteiger partial charge in [-0.15, -0.1) is 11.8 Å². The molecule has 0 atom stereocenters. The molecule has 1 N–H and O–H groups in total. The van der Waals surface area contributed by atoms with Crippen molar-refractivity contribution in [2.45, 2.75) is 29.4 Å². The van der Waals surface area contributed by atoms with Crippen LogP contribution in [-0.4, -0.2) is 44.5 Å². The van der Waals surface area contributed by atoms with Gasteiger partial charge in [-0.05, 0) is 62.3 Å². The van der Waals surface area contributed by atoms with Gasteiger partial charge in [0.1, 0.15) is 0 Å².